The molecule has 0 saturated heterocycles. The van der Waals surface area contributed by atoms with Crippen LogP contribution in [-0.2, 0) is 0 Å². The Labute approximate surface area is 127 Å². The summed E-state index contributed by atoms with van der Waals surface area (Å²) < 4.78 is 6.27. The standard InChI is InChI=1S/C14H8BrN3O3/c15-11-5-4-10(7-16-11)13-18-17-12(21-13)8-2-1-3-9(6-8)14(19)20/h1-7H,(H,19,20). The van der Waals surface area contributed by atoms with Crippen LogP contribution in [-0.4, -0.2) is 26.3 Å². The minimum atomic E-state index is -1.01. The summed E-state index contributed by atoms with van der Waals surface area (Å²) in [5.74, 6) is -0.421. The Hall–Kier alpha value is -2.54. The Balaban J connectivity index is 1.96. The first-order valence-corrected chi connectivity index (χ1v) is 6.72. The Kier molecular flexibility index (Phi) is 3.49. The fraction of sp³-hybridized carbons (Fsp3) is 0. The molecule has 0 spiro atoms. The second-order valence-corrected chi connectivity index (χ2v) is 4.98. The lowest BCUT2D eigenvalue weighted by Crippen LogP contribution is -1.95. The fourth-order valence-corrected chi connectivity index (χ4v) is 1.98. The van der Waals surface area contributed by atoms with E-state index in [4.69, 9.17) is 9.52 Å². The zero-order chi connectivity index (χ0) is 14.8. The van der Waals surface area contributed by atoms with Crippen LogP contribution in [0.25, 0.3) is 22.9 Å². The molecule has 0 radical (unpaired) electrons. The van der Waals surface area contributed by atoms with Crippen LogP contribution < -0.4 is 0 Å². The van der Waals surface area contributed by atoms with Gasteiger partial charge in [-0.1, -0.05) is 6.07 Å². The maximum Gasteiger partial charge on any atom is 0.335 e. The Morgan fingerprint density at radius 2 is 1.86 bits per heavy atom. The van der Waals surface area contributed by atoms with E-state index in [1.165, 1.54) is 12.1 Å². The second-order valence-electron chi connectivity index (χ2n) is 4.17. The topological polar surface area (TPSA) is 89.1 Å². The van der Waals surface area contributed by atoms with E-state index < -0.39 is 5.97 Å². The van der Waals surface area contributed by atoms with Gasteiger partial charge in [0.05, 0.1) is 11.1 Å². The molecular weight excluding hydrogens is 338 g/mol. The lowest BCUT2D eigenvalue weighted by Gasteiger charge is -1.97. The van der Waals surface area contributed by atoms with Gasteiger partial charge in [-0.15, -0.1) is 10.2 Å². The highest BCUT2D eigenvalue weighted by atomic mass is 79.9. The van der Waals surface area contributed by atoms with E-state index in [2.05, 4.69) is 31.1 Å². The maximum absolute atomic E-state index is 11.0. The number of carboxylic acid groups (broad SMARTS) is 1. The first-order chi connectivity index (χ1) is 10.1. The lowest BCUT2D eigenvalue weighted by atomic mass is 10.1. The van der Waals surface area contributed by atoms with Crippen molar-refractivity contribution in [2.75, 3.05) is 0 Å². The van der Waals surface area contributed by atoms with Crippen molar-refractivity contribution in [3.05, 3.63) is 52.8 Å². The van der Waals surface area contributed by atoms with Gasteiger partial charge < -0.3 is 9.52 Å². The van der Waals surface area contributed by atoms with Gasteiger partial charge in [0.2, 0.25) is 11.8 Å². The monoisotopic (exact) mass is 345 g/mol. The van der Waals surface area contributed by atoms with E-state index in [1.54, 1.807) is 30.5 Å². The first kappa shape index (κ1) is 13.4. The van der Waals surface area contributed by atoms with Crippen LogP contribution in [0.4, 0.5) is 0 Å². The van der Waals surface area contributed by atoms with E-state index in [0.717, 1.165) is 0 Å². The summed E-state index contributed by atoms with van der Waals surface area (Å²) >= 11 is 3.25. The lowest BCUT2D eigenvalue weighted by molar-refractivity contribution is 0.0697. The van der Waals surface area contributed by atoms with Crippen LogP contribution in [0.2, 0.25) is 0 Å². The summed E-state index contributed by atoms with van der Waals surface area (Å²) in [4.78, 5) is 15.0. The highest BCUT2D eigenvalue weighted by Gasteiger charge is 2.12. The number of hydrogen-bond acceptors (Lipinski definition) is 5. The molecule has 21 heavy (non-hydrogen) atoms. The number of carbonyl (C=O) groups is 1. The van der Waals surface area contributed by atoms with Gasteiger partial charge in [0.1, 0.15) is 4.60 Å². The van der Waals surface area contributed by atoms with E-state index in [-0.39, 0.29) is 11.5 Å². The third kappa shape index (κ3) is 2.82. The third-order valence-electron chi connectivity index (χ3n) is 2.76. The number of rotatable bonds is 3. The summed E-state index contributed by atoms with van der Waals surface area (Å²) in [5.41, 5.74) is 1.41. The van der Waals surface area contributed by atoms with Crippen LogP contribution in [0.3, 0.4) is 0 Å². The second kappa shape index (κ2) is 5.45. The smallest absolute Gasteiger partial charge is 0.335 e. The molecule has 0 aliphatic rings. The van der Waals surface area contributed by atoms with E-state index in [9.17, 15) is 4.79 Å². The number of hydrogen-bond donors (Lipinski definition) is 1. The van der Waals surface area contributed by atoms with Crippen LogP contribution >= 0.6 is 15.9 Å². The van der Waals surface area contributed by atoms with Crippen molar-refractivity contribution in [3.63, 3.8) is 0 Å². The molecule has 104 valence electrons. The molecule has 2 heterocycles. The van der Waals surface area contributed by atoms with Crippen molar-refractivity contribution in [2.45, 2.75) is 0 Å². The van der Waals surface area contributed by atoms with Gasteiger partial charge in [-0.25, -0.2) is 9.78 Å². The fourth-order valence-electron chi connectivity index (χ4n) is 1.74. The van der Waals surface area contributed by atoms with Crippen molar-refractivity contribution in [1.29, 1.82) is 0 Å². The molecule has 0 aliphatic carbocycles. The minimum absolute atomic E-state index is 0.164. The molecule has 0 atom stereocenters. The van der Waals surface area contributed by atoms with Gasteiger partial charge in [0.25, 0.3) is 0 Å². The Morgan fingerprint density at radius 3 is 2.52 bits per heavy atom. The Morgan fingerprint density at radius 1 is 1.10 bits per heavy atom. The Bertz CT molecular complexity index is 799. The summed E-state index contributed by atoms with van der Waals surface area (Å²) in [5, 5.41) is 16.9. The summed E-state index contributed by atoms with van der Waals surface area (Å²) in [6.45, 7) is 0. The molecule has 1 aromatic carbocycles. The molecule has 2 aromatic heterocycles. The van der Waals surface area contributed by atoms with Crippen molar-refractivity contribution < 1.29 is 14.3 Å². The van der Waals surface area contributed by atoms with Gasteiger partial charge in [0.15, 0.2) is 0 Å². The largest absolute Gasteiger partial charge is 0.478 e. The normalized spacial score (nSPS) is 10.5. The van der Waals surface area contributed by atoms with Crippen molar-refractivity contribution in [1.82, 2.24) is 15.2 Å². The number of benzene rings is 1. The van der Waals surface area contributed by atoms with E-state index in [1.807, 2.05) is 0 Å². The maximum atomic E-state index is 11.0. The molecule has 0 aliphatic heterocycles. The number of pyridine rings is 1. The van der Waals surface area contributed by atoms with Crippen LogP contribution in [0.5, 0.6) is 0 Å². The average molecular weight is 346 g/mol. The molecule has 0 fully saturated rings. The zero-order valence-electron chi connectivity index (χ0n) is 10.5. The molecular formula is C14H8BrN3O3. The highest BCUT2D eigenvalue weighted by molar-refractivity contribution is 9.10. The molecule has 0 amide bonds. The van der Waals surface area contributed by atoms with E-state index in [0.29, 0.717) is 21.6 Å². The molecule has 0 bridgehead atoms. The third-order valence-corrected chi connectivity index (χ3v) is 3.22. The van der Waals surface area contributed by atoms with Gasteiger partial charge >= 0.3 is 5.97 Å². The molecule has 0 unspecified atom stereocenters. The van der Waals surface area contributed by atoms with Gasteiger partial charge in [-0.05, 0) is 46.3 Å². The van der Waals surface area contributed by atoms with Gasteiger partial charge in [0, 0.05) is 11.8 Å². The molecule has 1 N–H and O–H groups in total. The number of aromatic nitrogens is 3. The molecule has 3 aromatic rings. The predicted octanol–water partition coefficient (Wildman–Crippen LogP) is 3.26. The summed E-state index contributed by atoms with van der Waals surface area (Å²) in [7, 11) is 0. The first-order valence-electron chi connectivity index (χ1n) is 5.92. The molecule has 0 saturated carbocycles. The summed E-state index contributed by atoms with van der Waals surface area (Å²) in [6, 6.07) is 9.89. The number of carboxylic acids is 1. The number of nitrogens with zero attached hydrogens (tertiary/aromatic N) is 3. The van der Waals surface area contributed by atoms with Gasteiger partial charge in [-0.2, -0.15) is 0 Å². The molecule has 7 heteroatoms. The van der Waals surface area contributed by atoms with E-state index >= 15 is 0 Å². The van der Waals surface area contributed by atoms with Crippen molar-refractivity contribution in [3.8, 4) is 22.9 Å². The quantitative estimate of drug-likeness (QED) is 0.732. The van der Waals surface area contributed by atoms with Crippen molar-refractivity contribution in [2.24, 2.45) is 0 Å². The predicted molar refractivity (Wildman–Crippen MR) is 77.6 cm³/mol. The van der Waals surface area contributed by atoms with Crippen LogP contribution in [0, 0.1) is 0 Å². The zero-order valence-corrected chi connectivity index (χ0v) is 12.1. The molecule has 3 rings (SSSR count). The van der Waals surface area contributed by atoms with Crippen LogP contribution in [0.1, 0.15) is 10.4 Å². The SMILES string of the molecule is O=C(O)c1cccc(-c2nnc(-c3ccc(Br)nc3)o2)c1. The minimum Gasteiger partial charge on any atom is -0.478 e. The highest BCUT2D eigenvalue weighted by Crippen LogP contribution is 2.24. The molecule has 6 nitrogen and oxygen atoms in total. The van der Waals surface area contributed by atoms with Crippen LogP contribution in [0.15, 0.2) is 51.6 Å². The van der Waals surface area contributed by atoms with Crippen molar-refractivity contribution >= 4 is 21.9 Å². The number of aromatic carboxylic acids is 1. The summed E-state index contributed by atoms with van der Waals surface area (Å²) in [6.07, 6.45) is 1.61. The average Bonchev–Trinajstić information content (AvgIpc) is 2.98. The number of halogens is 1. The van der Waals surface area contributed by atoms with Gasteiger partial charge in [-0.3, -0.25) is 0 Å².